The van der Waals surface area contributed by atoms with Crippen LogP contribution in [0.25, 0.3) is 0 Å². The Morgan fingerprint density at radius 2 is 2.05 bits per heavy atom. The van der Waals surface area contributed by atoms with Gasteiger partial charge in [0.1, 0.15) is 11.9 Å². The van der Waals surface area contributed by atoms with Crippen molar-refractivity contribution in [3.8, 4) is 0 Å². The van der Waals surface area contributed by atoms with Crippen LogP contribution in [0, 0.1) is 11.7 Å². The van der Waals surface area contributed by atoms with Crippen LogP contribution >= 0.6 is 0 Å². The second-order valence-electron chi connectivity index (χ2n) is 5.46. The number of carbonyl (C=O) groups excluding carboxylic acids is 1. The van der Waals surface area contributed by atoms with Gasteiger partial charge in [0.2, 0.25) is 0 Å². The van der Waals surface area contributed by atoms with E-state index in [2.05, 4.69) is 5.32 Å². The van der Waals surface area contributed by atoms with Gasteiger partial charge in [-0.25, -0.2) is 14.0 Å². The highest BCUT2D eigenvalue weighted by molar-refractivity contribution is 5.82. The first-order chi connectivity index (χ1) is 9.79. The Labute approximate surface area is 123 Å². The first-order valence-electron chi connectivity index (χ1n) is 6.78. The number of nitrogens with one attached hydrogen (secondary N) is 1. The summed E-state index contributed by atoms with van der Waals surface area (Å²) in [6.45, 7) is 3.98. The highest BCUT2D eigenvalue weighted by Gasteiger charge is 2.22. The largest absolute Gasteiger partial charge is 0.480 e. The third-order valence-electron chi connectivity index (χ3n) is 2.96. The van der Waals surface area contributed by atoms with Gasteiger partial charge in [-0.2, -0.15) is 0 Å². The molecule has 1 rings (SSSR count). The lowest BCUT2D eigenvalue weighted by Crippen LogP contribution is -2.47. The number of hydrogen-bond donors (Lipinski definition) is 2. The van der Waals surface area contributed by atoms with Crippen molar-refractivity contribution in [2.24, 2.45) is 5.92 Å². The fraction of sp³-hybridized carbons (Fsp3) is 0.467. The second-order valence-corrected chi connectivity index (χ2v) is 5.46. The number of urea groups is 1. The number of halogens is 1. The van der Waals surface area contributed by atoms with Crippen LogP contribution in [0.3, 0.4) is 0 Å². The molecule has 0 aliphatic carbocycles. The number of hydrogen-bond acceptors (Lipinski definition) is 2. The van der Waals surface area contributed by atoms with E-state index >= 15 is 0 Å². The van der Waals surface area contributed by atoms with Crippen LogP contribution in [0.4, 0.5) is 9.18 Å². The lowest BCUT2D eigenvalue weighted by atomic mass is 10.0. The van der Waals surface area contributed by atoms with E-state index in [1.807, 2.05) is 13.8 Å². The van der Waals surface area contributed by atoms with Crippen molar-refractivity contribution in [1.29, 1.82) is 0 Å². The minimum atomic E-state index is -1.06. The van der Waals surface area contributed by atoms with Crippen LogP contribution in [0.2, 0.25) is 0 Å². The van der Waals surface area contributed by atoms with Crippen LogP contribution in [0.15, 0.2) is 24.3 Å². The predicted molar refractivity (Wildman–Crippen MR) is 77.3 cm³/mol. The van der Waals surface area contributed by atoms with E-state index in [0.717, 1.165) is 0 Å². The maximum Gasteiger partial charge on any atom is 0.326 e. The number of carboxylic acid groups (broad SMARTS) is 1. The van der Waals surface area contributed by atoms with Gasteiger partial charge in [-0.05, 0) is 30.0 Å². The molecular formula is C15H21FN2O3. The molecule has 0 heterocycles. The zero-order chi connectivity index (χ0) is 16.0. The zero-order valence-electron chi connectivity index (χ0n) is 12.5. The van der Waals surface area contributed by atoms with Gasteiger partial charge in [0.15, 0.2) is 0 Å². The van der Waals surface area contributed by atoms with E-state index in [4.69, 9.17) is 5.11 Å². The predicted octanol–water partition coefficient (Wildman–Crippen LogP) is 2.47. The molecule has 0 aliphatic rings. The maximum absolute atomic E-state index is 13.1. The molecule has 1 aromatic carbocycles. The molecule has 1 aromatic rings. The SMILES string of the molecule is CC(C)CC(NC(=O)N(C)Cc1cccc(F)c1)C(=O)O. The van der Waals surface area contributed by atoms with E-state index in [0.29, 0.717) is 12.0 Å². The number of carboxylic acids is 1. The third kappa shape index (κ3) is 5.81. The summed E-state index contributed by atoms with van der Waals surface area (Å²) >= 11 is 0. The lowest BCUT2D eigenvalue weighted by molar-refractivity contribution is -0.139. The standard InChI is InChI=1S/C15H21FN2O3/c1-10(2)7-13(14(19)20)17-15(21)18(3)9-11-5-4-6-12(16)8-11/h4-6,8,10,13H,7,9H2,1-3H3,(H,17,21)(H,19,20). The molecule has 1 atom stereocenters. The zero-order valence-corrected chi connectivity index (χ0v) is 12.5. The van der Waals surface area contributed by atoms with Crippen LogP contribution in [-0.4, -0.2) is 35.1 Å². The van der Waals surface area contributed by atoms with E-state index in [1.54, 1.807) is 12.1 Å². The summed E-state index contributed by atoms with van der Waals surface area (Å²) in [7, 11) is 1.54. The summed E-state index contributed by atoms with van der Waals surface area (Å²) in [6.07, 6.45) is 0.356. The number of amides is 2. The average molecular weight is 296 g/mol. The maximum atomic E-state index is 13.1. The van der Waals surface area contributed by atoms with Gasteiger partial charge >= 0.3 is 12.0 Å². The summed E-state index contributed by atoms with van der Waals surface area (Å²) in [4.78, 5) is 24.4. The smallest absolute Gasteiger partial charge is 0.326 e. The summed E-state index contributed by atoms with van der Waals surface area (Å²) < 4.78 is 13.1. The summed E-state index contributed by atoms with van der Waals surface area (Å²) in [5.41, 5.74) is 0.642. The quantitative estimate of drug-likeness (QED) is 0.847. The van der Waals surface area contributed by atoms with E-state index < -0.39 is 18.0 Å². The van der Waals surface area contributed by atoms with Gasteiger partial charge in [-0.1, -0.05) is 26.0 Å². The molecule has 0 fully saturated rings. The Kier molecular flexibility index (Phi) is 6.14. The van der Waals surface area contributed by atoms with Crippen LogP contribution in [0.5, 0.6) is 0 Å². The van der Waals surface area contributed by atoms with E-state index in [9.17, 15) is 14.0 Å². The first-order valence-corrected chi connectivity index (χ1v) is 6.78. The van der Waals surface area contributed by atoms with Gasteiger partial charge in [-0.15, -0.1) is 0 Å². The highest BCUT2D eigenvalue weighted by Crippen LogP contribution is 2.08. The molecule has 0 bridgehead atoms. The van der Waals surface area contributed by atoms with Gasteiger partial charge in [0.05, 0.1) is 0 Å². The first kappa shape index (κ1) is 16.9. The van der Waals surface area contributed by atoms with Crippen molar-refractivity contribution in [1.82, 2.24) is 10.2 Å². The molecule has 116 valence electrons. The third-order valence-corrected chi connectivity index (χ3v) is 2.96. The van der Waals surface area contributed by atoms with Gasteiger partial charge in [0.25, 0.3) is 0 Å². The number of rotatable bonds is 6. The Morgan fingerprint density at radius 1 is 1.38 bits per heavy atom. The molecule has 0 spiro atoms. The summed E-state index contributed by atoms with van der Waals surface area (Å²) in [5, 5.41) is 11.6. The number of nitrogens with zero attached hydrogens (tertiary/aromatic N) is 1. The molecule has 2 amide bonds. The summed E-state index contributed by atoms with van der Waals surface area (Å²) in [5.74, 6) is -1.28. The fourth-order valence-corrected chi connectivity index (χ4v) is 1.93. The topological polar surface area (TPSA) is 69.6 Å². The van der Waals surface area contributed by atoms with Gasteiger partial charge < -0.3 is 15.3 Å². The van der Waals surface area contributed by atoms with Gasteiger partial charge in [-0.3, -0.25) is 0 Å². The van der Waals surface area contributed by atoms with Crippen molar-refractivity contribution in [3.63, 3.8) is 0 Å². The van der Waals surface area contributed by atoms with Crippen LogP contribution in [0.1, 0.15) is 25.8 Å². The van der Waals surface area contributed by atoms with Crippen molar-refractivity contribution in [2.75, 3.05) is 7.05 Å². The molecule has 0 aromatic heterocycles. The molecule has 0 aliphatic heterocycles. The van der Waals surface area contributed by atoms with Crippen molar-refractivity contribution >= 4 is 12.0 Å². The van der Waals surface area contributed by atoms with E-state index in [1.165, 1.54) is 24.1 Å². The normalized spacial score (nSPS) is 12.0. The van der Waals surface area contributed by atoms with Gasteiger partial charge in [0, 0.05) is 13.6 Å². The minimum Gasteiger partial charge on any atom is -0.480 e. The molecule has 21 heavy (non-hydrogen) atoms. The Balaban J connectivity index is 2.62. The van der Waals surface area contributed by atoms with Crippen LogP contribution in [-0.2, 0) is 11.3 Å². The molecule has 0 saturated carbocycles. The monoisotopic (exact) mass is 296 g/mol. The van der Waals surface area contributed by atoms with Crippen LogP contribution < -0.4 is 5.32 Å². The molecule has 1 unspecified atom stereocenters. The molecule has 0 radical (unpaired) electrons. The molecule has 6 heteroatoms. The molecule has 2 N–H and O–H groups in total. The molecular weight excluding hydrogens is 275 g/mol. The Morgan fingerprint density at radius 3 is 2.57 bits per heavy atom. The molecule has 0 saturated heterocycles. The van der Waals surface area contributed by atoms with Crippen molar-refractivity contribution < 1.29 is 19.1 Å². The van der Waals surface area contributed by atoms with Crippen molar-refractivity contribution in [3.05, 3.63) is 35.6 Å². The van der Waals surface area contributed by atoms with E-state index in [-0.39, 0.29) is 18.3 Å². The lowest BCUT2D eigenvalue weighted by Gasteiger charge is -2.22. The highest BCUT2D eigenvalue weighted by atomic mass is 19.1. The van der Waals surface area contributed by atoms with Crippen molar-refractivity contribution in [2.45, 2.75) is 32.9 Å². The number of aliphatic carboxylic acids is 1. The fourth-order valence-electron chi connectivity index (χ4n) is 1.93. The Bertz CT molecular complexity index is 505. The Hall–Kier alpha value is -2.11. The molecule has 5 nitrogen and oxygen atoms in total. The number of benzene rings is 1. The average Bonchev–Trinajstić information content (AvgIpc) is 2.37. The number of carbonyl (C=O) groups is 2. The minimum absolute atomic E-state index is 0.153. The second kappa shape index (κ2) is 7.61. The summed E-state index contributed by atoms with van der Waals surface area (Å²) in [6, 6.07) is 4.52.